The zero-order valence-electron chi connectivity index (χ0n) is 17.1. The van der Waals surface area contributed by atoms with E-state index >= 15 is 0 Å². The van der Waals surface area contributed by atoms with E-state index in [4.69, 9.17) is 9.47 Å². The summed E-state index contributed by atoms with van der Waals surface area (Å²) in [5, 5.41) is 0. The molecule has 0 heterocycles. The van der Waals surface area contributed by atoms with Gasteiger partial charge in [0.05, 0.1) is 6.61 Å². The number of hydrogen-bond acceptors (Lipinski definition) is 3. The van der Waals surface area contributed by atoms with Crippen molar-refractivity contribution >= 4 is 0 Å². The fourth-order valence-corrected chi connectivity index (χ4v) is 4.03. The fourth-order valence-electron chi connectivity index (χ4n) is 4.03. The summed E-state index contributed by atoms with van der Waals surface area (Å²) in [5.74, 6) is 1.53. The number of alkyl halides is 3. The van der Waals surface area contributed by atoms with Crippen molar-refractivity contribution in [2.75, 3.05) is 13.2 Å². The minimum Gasteiger partial charge on any atom is -0.490 e. The first-order valence-electron chi connectivity index (χ1n) is 10.7. The van der Waals surface area contributed by atoms with Crippen LogP contribution < -0.4 is 14.2 Å². The van der Waals surface area contributed by atoms with Crippen LogP contribution in [0.25, 0.3) is 0 Å². The third-order valence-electron chi connectivity index (χ3n) is 5.92. The Kier molecular flexibility index (Phi) is 7.73. The van der Waals surface area contributed by atoms with Crippen LogP contribution in [0.15, 0.2) is 24.3 Å². The van der Waals surface area contributed by atoms with E-state index in [1.807, 2.05) is 6.08 Å². The average molecular weight is 412 g/mol. The maximum Gasteiger partial charge on any atom is 0.573 e. The third kappa shape index (κ3) is 6.86. The second-order valence-electron chi connectivity index (χ2n) is 8.14. The summed E-state index contributed by atoms with van der Waals surface area (Å²) < 4.78 is 54.4. The molecular weight excluding hydrogens is 381 g/mol. The highest BCUT2D eigenvalue weighted by Crippen LogP contribution is 2.40. The zero-order chi connectivity index (χ0) is 20.7. The Labute approximate surface area is 171 Å². The lowest BCUT2D eigenvalue weighted by Gasteiger charge is -2.21. The first kappa shape index (κ1) is 21.8. The second kappa shape index (κ2) is 10.3. The fraction of sp³-hybridized carbons (Fsp3) is 0.652. The molecule has 1 aromatic rings. The first-order chi connectivity index (χ1) is 13.9. The summed E-state index contributed by atoms with van der Waals surface area (Å²) in [6.45, 7) is 2.27. The highest BCUT2D eigenvalue weighted by molar-refractivity contribution is 5.53. The SMILES string of the molecule is Cc1c(OC/C=C/C2CCC2)ccc(OCCCC2CCCC2)c1OC(F)(F)F. The van der Waals surface area contributed by atoms with Crippen molar-refractivity contribution in [2.45, 2.75) is 71.1 Å². The Hall–Kier alpha value is -1.85. The molecule has 0 amide bonds. The Morgan fingerprint density at radius 1 is 1.00 bits per heavy atom. The summed E-state index contributed by atoms with van der Waals surface area (Å²) in [6, 6.07) is 3.16. The molecule has 0 saturated heterocycles. The molecule has 2 fully saturated rings. The minimum atomic E-state index is -4.78. The third-order valence-corrected chi connectivity index (χ3v) is 5.92. The van der Waals surface area contributed by atoms with E-state index in [9.17, 15) is 13.2 Å². The molecule has 1 aromatic carbocycles. The highest BCUT2D eigenvalue weighted by atomic mass is 19.4. The molecule has 0 N–H and O–H groups in total. The Bertz CT molecular complexity index is 675. The molecule has 0 atom stereocenters. The van der Waals surface area contributed by atoms with Gasteiger partial charge in [-0.2, -0.15) is 0 Å². The maximum atomic E-state index is 12.9. The van der Waals surface area contributed by atoms with Gasteiger partial charge >= 0.3 is 6.36 Å². The minimum absolute atomic E-state index is 0.114. The van der Waals surface area contributed by atoms with Gasteiger partial charge in [0.1, 0.15) is 12.4 Å². The van der Waals surface area contributed by atoms with Gasteiger partial charge in [0.2, 0.25) is 0 Å². The van der Waals surface area contributed by atoms with Crippen molar-refractivity contribution in [1.29, 1.82) is 0 Å². The van der Waals surface area contributed by atoms with Gasteiger partial charge in [-0.25, -0.2) is 0 Å². The first-order valence-corrected chi connectivity index (χ1v) is 10.7. The van der Waals surface area contributed by atoms with Crippen LogP contribution in [0.1, 0.15) is 63.4 Å². The van der Waals surface area contributed by atoms with Crippen LogP contribution in [0.5, 0.6) is 17.2 Å². The Morgan fingerprint density at radius 3 is 2.38 bits per heavy atom. The predicted molar refractivity (Wildman–Crippen MR) is 107 cm³/mol. The molecular formula is C23H31F3O3. The quantitative estimate of drug-likeness (QED) is 0.306. The van der Waals surface area contributed by atoms with Crippen LogP contribution in [0.2, 0.25) is 0 Å². The lowest BCUT2D eigenvalue weighted by Crippen LogP contribution is -2.19. The van der Waals surface area contributed by atoms with E-state index in [1.165, 1.54) is 51.0 Å². The topological polar surface area (TPSA) is 27.7 Å². The molecule has 0 unspecified atom stereocenters. The van der Waals surface area contributed by atoms with Crippen LogP contribution in [0, 0.1) is 18.8 Å². The van der Waals surface area contributed by atoms with Gasteiger partial charge in [0.25, 0.3) is 0 Å². The van der Waals surface area contributed by atoms with Crippen molar-refractivity contribution in [3.63, 3.8) is 0 Å². The van der Waals surface area contributed by atoms with Gasteiger partial charge in [-0.1, -0.05) is 44.3 Å². The van der Waals surface area contributed by atoms with E-state index in [0.717, 1.165) is 18.8 Å². The van der Waals surface area contributed by atoms with Crippen molar-refractivity contribution in [2.24, 2.45) is 11.8 Å². The monoisotopic (exact) mass is 412 g/mol. The van der Waals surface area contributed by atoms with Gasteiger partial charge in [-0.3, -0.25) is 0 Å². The maximum absolute atomic E-state index is 12.9. The summed E-state index contributed by atoms with van der Waals surface area (Å²) in [4.78, 5) is 0. The molecule has 0 spiro atoms. The molecule has 162 valence electrons. The smallest absolute Gasteiger partial charge is 0.490 e. The van der Waals surface area contributed by atoms with Crippen LogP contribution in [-0.4, -0.2) is 19.6 Å². The Morgan fingerprint density at radius 2 is 1.72 bits per heavy atom. The zero-order valence-corrected chi connectivity index (χ0v) is 17.1. The summed E-state index contributed by atoms with van der Waals surface area (Å²) >= 11 is 0. The highest BCUT2D eigenvalue weighted by Gasteiger charge is 2.34. The molecule has 0 aliphatic heterocycles. The van der Waals surface area contributed by atoms with Gasteiger partial charge < -0.3 is 14.2 Å². The van der Waals surface area contributed by atoms with Crippen LogP contribution in [0.4, 0.5) is 13.2 Å². The molecule has 0 aromatic heterocycles. The summed E-state index contributed by atoms with van der Waals surface area (Å²) in [6.07, 6.45) is 9.89. The van der Waals surface area contributed by atoms with Crippen LogP contribution in [0.3, 0.4) is 0 Å². The number of halogens is 3. The number of benzene rings is 1. The van der Waals surface area contributed by atoms with E-state index in [2.05, 4.69) is 10.8 Å². The molecule has 2 saturated carbocycles. The van der Waals surface area contributed by atoms with Gasteiger partial charge in [-0.05, 0) is 56.6 Å². The molecule has 6 heteroatoms. The van der Waals surface area contributed by atoms with Crippen molar-refractivity contribution in [3.05, 3.63) is 29.8 Å². The van der Waals surface area contributed by atoms with Crippen molar-refractivity contribution < 1.29 is 27.4 Å². The van der Waals surface area contributed by atoms with Gasteiger partial charge in [-0.15, -0.1) is 13.2 Å². The second-order valence-corrected chi connectivity index (χ2v) is 8.14. The van der Waals surface area contributed by atoms with Crippen molar-refractivity contribution in [1.82, 2.24) is 0 Å². The standard InChI is InChI=1S/C23H31F3O3/c1-17-20(27-15-5-12-19-9-4-10-19)13-14-21(22(17)29-23(24,25)26)28-16-6-11-18-7-2-3-8-18/h5,12-14,18-19H,2-4,6-11,15-16H2,1H3/b12-5+. The van der Waals surface area contributed by atoms with Crippen molar-refractivity contribution in [3.8, 4) is 17.2 Å². The van der Waals surface area contributed by atoms with Gasteiger partial charge in [0, 0.05) is 5.56 Å². The predicted octanol–water partition coefficient (Wildman–Crippen LogP) is 6.98. The molecule has 2 aliphatic rings. The average Bonchev–Trinajstić information content (AvgIpc) is 3.13. The van der Waals surface area contributed by atoms with Gasteiger partial charge in [0.15, 0.2) is 11.5 Å². The normalized spacial score (nSPS) is 18.2. The number of ether oxygens (including phenoxy) is 3. The van der Waals surface area contributed by atoms with E-state index in [0.29, 0.717) is 30.4 Å². The molecule has 0 bridgehead atoms. The number of allylic oxidation sites excluding steroid dienone is 1. The van der Waals surface area contributed by atoms with Crippen LogP contribution >= 0.6 is 0 Å². The largest absolute Gasteiger partial charge is 0.573 e. The molecule has 3 rings (SSSR count). The van der Waals surface area contributed by atoms with E-state index in [-0.39, 0.29) is 11.5 Å². The lowest BCUT2D eigenvalue weighted by atomic mass is 9.85. The van der Waals surface area contributed by atoms with Crippen LogP contribution in [-0.2, 0) is 0 Å². The molecule has 3 nitrogen and oxygen atoms in total. The number of hydrogen-bond donors (Lipinski definition) is 0. The lowest BCUT2D eigenvalue weighted by molar-refractivity contribution is -0.275. The Balaban J connectivity index is 1.59. The van der Waals surface area contributed by atoms with E-state index < -0.39 is 6.36 Å². The molecule has 0 radical (unpaired) electrons. The number of rotatable bonds is 10. The molecule has 29 heavy (non-hydrogen) atoms. The van der Waals surface area contributed by atoms with E-state index in [1.54, 1.807) is 13.0 Å². The summed E-state index contributed by atoms with van der Waals surface area (Å²) in [5.41, 5.74) is 0.299. The summed E-state index contributed by atoms with van der Waals surface area (Å²) in [7, 11) is 0. The molecule has 2 aliphatic carbocycles.